The van der Waals surface area contributed by atoms with Crippen LogP contribution in [0.1, 0.15) is 48.7 Å². The standard InChI is InChI=1S/C32H38FN7O2S/c1-5-22(13-14-37(3)19-29(42)39-16-21(17-39)20-41)24-9-12-28-35-26(6-2)31(40(28)18-24)38(4)32-36-30(27(15-34)43-32)23-7-10-25(33)11-8-23/h7-12,18,21-22,41H,5-6,13-14,16-17,19-20H2,1-4H3. The average molecular weight is 604 g/mol. The molecule has 1 aliphatic heterocycles. The molecule has 0 bridgehead atoms. The molecule has 0 saturated carbocycles. The van der Waals surface area contributed by atoms with E-state index in [1.165, 1.54) is 29.0 Å². The van der Waals surface area contributed by atoms with Crippen LogP contribution in [0, 0.1) is 23.1 Å². The van der Waals surface area contributed by atoms with E-state index < -0.39 is 0 Å². The summed E-state index contributed by atoms with van der Waals surface area (Å²) in [5.74, 6) is 1.19. The summed E-state index contributed by atoms with van der Waals surface area (Å²) in [6.07, 6.45) is 4.74. The Bertz CT molecular complexity index is 1620. The highest BCUT2D eigenvalue weighted by molar-refractivity contribution is 7.16. The molecule has 1 aliphatic rings. The summed E-state index contributed by atoms with van der Waals surface area (Å²) >= 11 is 1.30. The van der Waals surface area contributed by atoms with E-state index >= 15 is 0 Å². The smallest absolute Gasteiger partial charge is 0.236 e. The molecule has 4 heterocycles. The summed E-state index contributed by atoms with van der Waals surface area (Å²) in [6, 6.07) is 12.5. The van der Waals surface area contributed by atoms with E-state index in [0.29, 0.717) is 46.8 Å². The van der Waals surface area contributed by atoms with Crippen LogP contribution >= 0.6 is 11.3 Å². The van der Waals surface area contributed by atoms with E-state index in [-0.39, 0.29) is 24.2 Å². The second-order valence-corrected chi connectivity index (χ2v) is 12.2. The number of likely N-dealkylation sites (N-methyl/N-ethyl adjacent to an activating group) is 1. The van der Waals surface area contributed by atoms with Gasteiger partial charge < -0.3 is 14.9 Å². The van der Waals surface area contributed by atoms with Crippen molar-refractivity contribution >= 4 is 33.8 Å². The molecule has 0 aliphatic carbocycles. The third-order valence-electron chi connectivity index (χ3n) is 8.26. The van der Waals surface area contributed by atoms with Gasteiger partial charge in [0.25, 0.3) is 0 Å². The number of aryl methyl sites for hydroxylation is 1. The molecular formula is C32H38FN7O2S. The SMILES string of the molecule is CCc1nc2ccc(C(CC)CCN(C)CC(=O)N3CC(CO)C3)cn2c1N(C)c1nc(-c2ccc(F)cc2)c(C#N)s1. The quantitative estimate of drug-likeness (QED) is 0.241. The summed E-state index contributed by atoms with van der Waals surface area (Å²) in [4.78, 5) is 28.6. The number of thiazole rings is 1. The Morgan fingerprint density at radius 2 is 1.93 bits per heavy atom. The molecule has 43 heavy (non-hydrogen) atoms. The number of halogens is 1. The number of imidazole rings is 1. The van der Waals surface area contributed by atoms with Gasteiger partial charge >= 0.3 is 0 Å². The van der Waals surface area contributed by atoms with Crippen LogP contribution in [0.2, 0.25) is 0 Å². The fraction of sp³-hybridized carbons (Fsp3) is 0.438. The molecule has 1 saturated heterocycles. The summed E-state index contributed by atoms with van der Waals surface area (Å²) in [6.45, 7) is 6.86. The summed E-state index contributed by atoms with van der Waals surface area (Å²) in [7, 11) is 3.92. The minimum absolute atomic E-state index is 0.115. The number of likely N-dealkylation sites (tertiary alicyclic amines) is 1. The van der Waals surface area contributed by atoms with Crippen molar-refractivity contribution in [3.8, 4) is 17.3 Å². The molecule has 9 nitrogen and oxygen atoms in total. The monoisotopic (exact) mass is 603 g/mol. The summed E-state index contributed by atoms with van der Waals surface area (Å²) in [5.41, 5.74) is 4.20. The maximum Gasteiger partial charge on any atom is 0.236 e. The van der Waals surface area contributed by atoms with Gasteiger partial charge in [-0.15, -0.1) is 0 Å². The van der Waals surface area contributed by atoms with Gasteiger partial charge in [-0.25, -0.2) is 14.4 Å². The van der Waals surface area contributed by atoms with Crippen molar-refractivity contribution in [3.63, 3.8) is 0 Å². The lowest BCUT2D eigenvalue weighted by atomic mass is 9.94. The van der Waals surface area contributed by atoms with Crippen molar-refractivity contribution in [2.45, 2.75) is 39.0 Å². The van der Waals surface area contributed by atoms with Crippen LogP contribution in [0.3, 0.4) is 0 Å². The van der Waals surface area contributed by atoms with Gasteiger partial charge in [-0.2, -0.15) is 5.26 Å². The molecular weight excluding hydrogens is 565 g/mol. The van der Waals surface area contributed by atoms with E-state index in [1.807, 2.05) is 23.9 Å². The predicted octanol–water partition coefficient (Wildman–Crippen LogP) is 5.07. The zero-order valence-corrected chi connectivity index (χ0v) is 25.9. The van der Waals surface area contributed by atoms with Gasteiger partial charge in [0.05, 0.1) is 12.2 Å². The van der Waals surface area contributed by atoms with Gasteiger partial charge in [-0.1, -0.05) is 31.3 Å². The highest BCUT2D eigenvalue weighted by Gasteiger charge is 2.30. The molecule has 3 aromatic heterocycles. The molecule has 1 aromatic carbocycles. The highest BCUT2D eigenvalue weighted by Crippen LogP contribution is 2.37. The van der Waals surface area contributed by atoms with Crippen molar-refractivity contribution in [2.24, 2.45) is 5.92 Å². The number of aromatic nitrogens is 3. The second kappa shape index (κ2) is 13.2. The number of aliphatic hydroxyl groups is 1. The normalized spacial score (nSPS) is 14.2. The Kier molecular flexibility index (Phi) is 9.40. The van der Waals surface area contributed by atoms with E-state index in [9.17, 15) is 19.6 Å². The number of nitriles is 1. The number of carbonyl (C=O) groups excluding carboxylic acids is 1. The van der Waals surface area contributed by atoms with Gasteiger partial charge in [0.1, 0.15) is 33.9 Å². The zero-order valence-electron chi connectivity index (χ0n) is 25.1. The van der Waals surface area contributed by atoms with E-state index in [2.05, 4.69) is 47.5 Å². The zero-order chi connectivity index (χ0) is 30.7. The molecule has 5 rings (SSSR count). The summed E-state index contributed by atoms with van der Waals surface area (Å²) in [5, 5.41) is 19.7. The lowest BCUT2D eigenvalue weighted by Gasteiger charge is -2.39. The number of hydrogen-bond acceptors (Lipinski definition) is 8. The lowest BCUT2D eigenvalue weighted by Crippen LogP contribution is -2.53. The maximum atomic E-state index is 13.5. The molecule has 226 valence electrons. The first-order valence-electron chi connectivity index (χ1n) is 14.7. The van der Waals surface area contributed by atoms with Crippen LogP contribution < -0.4 is 4.90 Å². The summed E-state index contributed by atoms with van der Waals surface area (Å²) < 4.78 is 15.6. The number of carbonyl (C=O) groups is 1. The van der Waals surface area contributed by atoms with Gasteiger partial charge in [-0.05, 0) is 74.7 Å². The number of hydrogen-bond donors (Lipinski definition) is 1. The average Bonchev–Trinajstić information content (AvgIpc) is 3.58. The Hall–Kier alpha value is -3.85. The Labute approximate surface area is 255 Å². The van der Waals surface area contributed by atoms with E-state index in [4.69, 9.17) is 9.97 Å². The number of benzene rings is 1. The predicted molar refractivity (Wildman–Crippen MR) is 167 cm³/mol. The number of aliphatic hydroxyl groups excluding tert-OH is 1. The van der Waals surface area contributed by atoms with Gasteiger partial charge in [-0.3, -0.25) is 14.1 Å². The van der Waals surface area contributed by atoms with Crippen LogP contribution in [0.25, 0.3) is 16.9 Å². The number of anilines is 2. The van der Waals surface area contributed by atoms with Crippen LogP contribution in [0.4, 0.5) is 15.3 Å². The first-order valence-corrected chi connectivity index (χ1v) is 15.6. The maximum absolute atomic E-state index is 13.5. The molecule has 11 heteroatoms. The van der Waals surface area contributed by atoms with Gasteiger partial charge in [0, 0.05) is 44.4 Å². The third-order valence-corrected chi connectivity index (χ3v) is 9.29. The minimum Gasteiger partial charge on any atom is -0.396 e. The fourth-order valence-electron chi connectivity index (χ4n) is 5.63. The van der Waals surface area contributed by atoms with Crippen molar-refractivity contribution in [1.82, 2.24) is 24.2 Å². The molecule has 1 fully saturated rings. The Balaban J connectivity index is 1.36. The number of rotatable bonds is 12. The molecule has 1 amide bonds. The van der Waals surface area contributed by atoms with E-state index in [1.54, 1.807) is 12.1 Å². The van der Waals surface area contributed by atoms with Crippen molar-refractivity contribution < 1.29 is 14.3 Å². The van der Waals surface area contributed by atoms with Crippen molar-refractivity contribution in [3.05, 3.63) is 64.5 Å². The van der Waals surface area contributed by atoms with Crippen molar-refractivity contribution in [1.29, 1.82) is 5.26 Å². The first kappa shape index (κ1) is 30.6. The molecule has 0 spiro atoms. The van der Waals surface area contributed by atoms with Crippen molar-refractivity contribution in [2.75, 3.05) is 51.8 Å². The number of nitrogens with zero attached hydrogens (tertiary/aromatic N) is 7. The minimum atomic E-state index is -0.335. The number of pyridine rings is 1. The Morgan fingerprint density at radius 1 is 1.19 bits per heavy atom. The van der Waals surface area contributed by atoms with Crippen LogP contribution in [0.15, 0.2) is 42.6 Å². The molecule has 4 aromatic rings. The molecule has 1 atom stereocenters. The largest absolute Gasteiger partial charge is 0.396 e. The van der Waals surface area contributed by atoms with Gasteiger partial charge in [0.2, 0.25) is 5.91 Å². The van der Waals surface area contributed by atoms with Crippen LogP contribution in [-0.4, -0.2) is 82.1 Å². The second-order valence-electron chi connectivity index (χ2n) is 11.3. The van der Waals surface area contributed by atoms with Crippen LogP contribution in [0.5, 0.6) is 0 Å². The van der Waals surface area contributed by atoms with E-state index in [0.717, 1.165) is 43.0 Å². The third kappa shape index (κ3) is 6.42. The van der Waals surface area contributed by atoms with Crippen LogP contribution in [-0.2, 0) is 11.2 Å². The lowest BCUT2D eigenvalue weighted by molar-refractivity contribution is -0.139. The number of amides is 1. The number of fused-ring (bicyclic) bond motifs is 1. The molecule has 0 radical (unpaired) electrons. The molecule has 1 unspecified atom stereocenters. The molecule has 1 N–H and O–H groups in total. The Morgan fingerprint density at radius 3 is 2.58 bits per heavy atom. The topological polar surface area (TPSA) is 101 Å². The fourth-order valence-corrected chi connectivity index (χ4v) is 6.48. The highest BCUT2D eigenvalue weighted by atomic mass is 32.1. The first-order chi connectivity index (χ1) is 20.8. The van der Waals surface area contributed by atoms with Gasteiger partial charge in [0.15, 0.2) is 5.13 Å².